The molecule has 0 radical (unpaired) electrons. The average Bonchev–Trinajstić information content (AvgIpc) is 3.16. The number of nitrogens with zero attached hydrogens (tertiary/aromatic N) is 2. The maximum atomic E-state index is 12.5. The summed E-state index contributed by atoms with van der Waals surface area (Å²) in [6.45, 7) is 0. The van der Waals surface area contributed by atoms with Crippen molar-refractivity contribution in [2.75, 3.05) is 12.5 Å². The van der Waals surface area contributed by atoms with Gasteiger partial charge in [0, 0.05) is 58.2 Å². The molecule has 6 nitrogen and oxygen atoms in total. The zero-order valence-electron chi connectivity index (χ0n) is 17.1. The van der Waals surface area contributed by atoms with Crippen LogP contribution in [0, 0.1) is 0 Å². The van der Waals surface area contributed by atoms with Crippen LogP contribution in [0.3, 0.4) is 0 Å². The number of aromatic nitrogens is 2. The van der Waals surface area contributed by atoms with Crippen molar-refractivity contribution >= 4 is 26.3 Å². The highest BCUT2D eigenvalue weighted by molar-refractivity contribution is 7.92. The number of fused-ring (bicyclic) bond motifs is 1. The molecule has 1 aromatic carbocycles. The Hall–Kier alpha value is -2.54. The fraction of sp³-hybridized carbons (Fsp3) is 0.409. The van der Waals surface area contributed by atoms with E-state index in [0.717, 1.165) is 35.1 Å². The first-order valence-electron chi connectivity index (χ1n) is 9.97. The van der Waals surface area contributed by atoms with E-state index in [-0.39, 0.29) is 11.7 Å². The second-order valence-corrected chi connectivity index (χ2v) is 10.6. The third kappa shape index (κ3) is 4.24. The molecule has 0 saturated heterocycles. The molecule has 4 rings (SSSR count). The Balaban J connectivity index is 1.90. The maximum Gasteiger partial charge on any atom is 0.274 e. The molecule has 29 heavy (non-hydrogen) atoms. The van der Waals surface area contributed by atoms with Crippen molar-refractivity contribution in [1.82, 2.24) is 9.55 Å². The van der Waals surface area contributed by atoms with Gasteiger partial charge in [-0.3, -0.25) is 4.79 Å². The summed E-state index contributed by atoms with van der Waals surface area (Å²) in [5, 5.41) is 0.840. The van der Waals surface area contributed by atoms with Gasteiger partial charge in [0.1, 0.15) is 11.3 Å². The van der Waals surface area contributed by atoms with Crippen molar-refractivity contribution in [1.29, 1.82) is 0 Å². The molecule has 0 amide bonds. The SMILES string of the molecule is Cn1cc(-c2cc(N=S(C)(C)=O)ccc2OC2CCCCC2)c2cc[nH]c2c1=O. The lowest BCUT2D eigenvalue weighted by Crippen LogP contribution is -2.20. The topological polar surface area (TPSA) is 76.5 Å². The van der Waals surface area contributed by atoms with Crippen molar-refractivity contribution in [2.24, 2.45) is 11.4 Å². The predicted octanol–water partition coefficient (Wildman–Crippen LogP) is 4.60. The molecule has 154 valence electrons. The normalized spacial score (nSPS) is 15.6. The van der Waals surface area contributed by atoms with E-state index in [1.54, 1.807) is 30.3 Å². The molecule has 1 aliphatic rings. The van der Waals surface area contributed by atoms with Crippen LogP contribution in [0.1, 0.15) is 32.1 Å². The molecule has 1 saturated carbocycles. The summed E-state index contributed by atoms with van der Waals surface area (Å²) in [6, 6.07) is 7.59. The number of aryl methyl sites for hydroxylation is 1. The fourth-order valence-electron chi connectivity index (χ4n) is 3.99. The number of hydrogen-bond donors (Lipinski definition) is 1. The van der Waals surface area contributed by atoms with Gasteiger partial charge in [-0.2, -0.15) is 4.36 Å². The molecule has 7 heteroatoms. The molecule has 0 bridgehead atoms. The third-order valence-corrected chi connectivity index (χ3v) is 5.97. The van der Waals surface area contributed by atoms with Crippen molar-refractivity contribution < 1.29 is 8.95 Å². The van der Waals surface area contributed by atoms with E-state index in [4.69, 9.17) is 4.74 Å². The van der Waals surface area contributed by atoms with Gasteiger partial charge in [-0.15, -0.1) is 0 Å². The molecule has 2 heterocycles. The summed E-state index contributed by atoms with van der Waals surface area (Å²) in [5.41, 5.74) is 2.88. The van der Waals surface area contributed by atoms with Gasteiger partial charge in [0.25, 0.3) is 5.56 Å². The quantitative estimate of drug-likeness (QED) is 0.679. The van der Waals surface area contributed by atoms with E-state index in [9.17, 15) is 9.00 Å². The molecule has 0 unspecified atom stereocenters. The van der Waals surface area contributed by atoms with Crippen LogP contribution in [-0.2, 0) is 16.8 Å². The highest BCUT2D eigenvalue weighted by Crippen LogP contribution is 2.38. The lowest BCUT2D eigenvalue weighted by molar-refractivity contribution is 0.156. The number of hydrogen-bond acceptors (Lipinski definition) is 4. The Morgan fingerprint density at radius 2 is 1.90 bits per heavy atom. The van der Waals surface area contributed by atoms with Gasteiger partial charge in [-0.1, -0.05) is 6.42 Å². The summed E-state index contributed by atoms with van der Waals surface area (Å²) in [6.07, 6.45) is 12.8. The van der Waals surface area contributed by atoms with Gasteiger partial charge >= 0.3 is 0 Å². The van der Waals surface area contributed by atoms with Crippen molar-refractivity contribution in [3.8, 4) is 16.9 Å². The van der Waals surface area contributed by atoms with E-state index in [1.807, 2.05) is 30.5 Å². The van der Waals surface area contributed by atoms with Gasteiger partial charge in [0.05, 0.1) is 11.8 Å². The maximum absolute atomic E-state index is 12.5. The summed E-state index contributed by atoms with van der Waals surface area (Å²) in [5.74, 6) is 0.774. The van der Waals surface area contributed by atoms with Crippen LogP contribution >= 0.6 is 0 Å². The zero-order valence-corrected chi connectivity index (χ0v) is 17.9. The fourth-order valence-corrected chi connectivity index (χ4v) is 4.61. The number of rotatable bonds is 4. The third-order valence-electron chi connectivity index (χ3n) is 5.32. The van der Waals surface area contributed by atoms with E-state index < -0.39 is 9.73 Å². The molecule has 1 aliphatic carbocycles. The number of benzene rings is 1. The lowest BCUT2D eigenvalue weighted by Gasteiger charge is -2.24. The van der Waals surface area contributed by atoms with E-state index in [1.165, 1.54) is 19.3 Å². The highest BCUT2D eigenvalue weighted by Gasteiger charge is 2.19. The number of ether oxygens (including phenoxy) is 1. The van der Waals surface area contributed by atoms with Crippen molar-refractivity contribution in [3.05, 3.63) is 47.0 Å². The van der Waals surface area contributed by atoms with E-state index >= 15 is 0 Å². The minimum Gasteiger partial charge on any atom is -0.490 e. The first-order chi connectivity index (χ1) is 13.8. The smallest absolute Gasteiger partial charge is 0.274 e. The molecule has 1 fully saturated rings. The summed E-state index contributed by atoms with van der Waals surface area (Å²) in [7, 11) is -0.547. The monoisotopic (exact) mass is 413 g/mol. The zero-order chi connectivity index (χ0) is 20.6. The molecule has 0 spiro atoms. The molecular weight excluding hydrogens is 386 g/mol. The lowest BCUT2D eigenvalue weighted by atomic mass is 9.97. The minimum atomic E-state index is -2.29. The summed E-state index contributed by atoms with van der Waals surface area (Å²) < 4.78 is 24.6. The Labute approximate surface area is 171 Å². The van der Waals surface area contributed by atoms with Crippen LogP contribution in [0.2, 0.25) is 0 Å². The standard InChI is InChI=1S/C22H27N3O3S/c1-25-14-19(17-11-12-23-21(17)22(25)26)18-13-15(24-29(2,3)27)9-10-20(18)28-16-7-5-4-6-8-16/h9-14,16,23H,4-8H2,1-3H3. The Morgan fingerprint density at radius 3 is 2.62 bits per heavy atom. The van der Waals surface area contributed by atoms with Crippen LogP contribution in [0.25, 0.3) is 22.0 Å². The first-order valence-corrected chi connectivity index (χ1v) is 12.3. The molecule has 1 N–H and O–H groups in total. The minimum absolute atomic E-state index is 0.0746. The van der Waals surface area contributed by atoms with Gasteiger partial charge in [-0.05, 0) is 49.9 Å². The van der Waals surface area contributed by atoms with Gasteiger partial charge in [0.2, 0.25) is 0 Å². The summed E-state index contributed by atoms with van der Waals surface area (Å²) >= 11 is 0. The summed E-state index contributed by atoms with van der Waals surface area (Å²) in [4.78, 5) is 15.5. The van der Waals surface area contributed by atoms with E-state index in [2.05, 4.69) is 9.35 Å². The van der Waals surface area contributed by atoms with Crippen LogP contribution in [0.15, 0.2) is 45.8 Å². The average molecular weight is 414 g/mol. The number of aromatic amines is 1. The van der Waals surface area contributed by atoms with Gasteiger partial charge in [-0.25, -0.2) is 4.21 Å². The number of H-pyrrole nitrogens is 1. The van der Waals surface area contributed by atoms with Crippen molar-refractivity contribution in [2.45, 2.75) is 38.2 Å². The molecule has 0 atom stereocenters. The molecule has 2 aromatic heterocycles. The molecule has 3 aromatic rings. The van der Waals surface area contributed by atoms with Crippen LogP contribution < -0.4 is 10.3 Å². The van der Waals surface area contributed by atoms with Crippen LogP contribution in [-0.4, -0.2) is 32.4 Å². The van der Waals surface area contributed by atoms with Gasteiger partial charge in [0.15, 0.2) is 0 Å². The second kappa shape index (κ2) is 7.71. The second-order valence-electron chi connectivity index (χ2n) is 8.06. The first kappa shape index (κ1) is 19.8. The van der Waals surface area contributed by atoms with Crippen molar-refractivity contribution in [3.63, 3.8) is 0 Å². The Bertz CT molecular complexity index is 1220. The Morgan fingerprint density at radius 1 is 1.14 bits per heavy atom. The molecular formula is C22H27N3O3S. The Kier molecular flexibility index (Phi) is 5.25. The largest absolute Gasteiger partial charge is 0.490 e. The number of pyridine rings is 1. The van der Waals surface area contributed by atoms with Crippen LogP contribution in [0.5, 0.6) is 5.75 Å². The highest BCUT2D eigenvalue weighted by atomic mass is 32.2. The molecule has 0 aliphatic heterocycles. The number of nitrogens with one attached hydrogen (secondary N) is 1. The van der Waals surface area contributed by atoms with Gasteiger partial charge < -0.3 is 14.3 Å². The predicted molar refractivity (Wildman–Crippen MR) is 119 cm³/mol. The van der Waals surface area contributed by atoms with Crippen LogP contribution in [0.4, 0.5) is 5.69 Å². The van der Waals surface area contributed by atoms with E-state index in [0.29, 0.717) is 11.2 Å².